The first-order valence-electron chi connectivity index (χ1n) is 5.99. The molecule has 0 spiro atoms. The molecule has 0 aliphatic carbocycles. The number of aromatic nitrogens is 2. The number of rotatable bonds is 2. The monoisotopic (exact) mass is 248 g/mol. The lowest BCUT2D eigenvalue weighted by Crippen LogP contribution is -2.55. The molecule has 1 aromatic heterocycles. The average molecular weight is 248 g/mol. The van der Waals surface area contributed by atoms with Crippen LogP contribution in [0.4, 0.5) is 0 Å². The Balaban J connectivity index is 2.60. The maximum Gasteiger partial charge on any atom is 0.232 e. The number of nitrogens with zero attached hydrogens (tertiary/aromatic N) is 3. The maximum atomic E-state index is 5.88. The largest absolute Gasteiger partial charge is 0.385 e. The van der Waals surface area contributed by atoms with E-state index in [0.717, 1.165) is 11.4 Å². The zero-order valence-electron chi connectivity index (χ0n) is 11.2. The second-order valence-electron chi connectivity index (χ2n) is 4.98. The van der Waals surface area contributed by atoms with E-state index in [1.807, 2.05) is 24.6 Å². The van der Waals surface area contributed by atoms with Crippen LogP contribution in [0.25, 0.3) is 0 Å². The number of nitrogens with two attached hydrogens (primary N) is 2. The van der Waals surface area contributed by atoms with Gasteiger partial charge in [-0.2, -0.15) is 5.10 Å². The zero-order chi connectivity index (χ0) is 13.5. The van der Waals surface area contributed by atoms with E-state index in [1.54, 1.807) is 6.08 Å². The van der Waals surface area contributed by atoms with E-state index in [-0.39, 0.29) is 5.92 Å². The van der Waals surface area contributed by atoms with Crippen LogP contribution in [0.3, 0.4) is 0 Å². The van der Waals surface area contributed by atoms with Crippen LogP contribution in [0.5, 0.6) is 0 Å². The van der Waals surface area contributed by atoms with Gasteiger partial charge in [0, 0.05) is 17.7 Å². The van der Waals surface area contributed by atoms with E-state index in [9.17, 15) is 0 Å². The van der Waals surface area contributed by atoms with Gasteiger partial charge in [-0.25, -0.2) is 9.67 Å². The molecule has 18 heavy (non-hydrogen) atoms. The molecular weight excluding hydrogens is 228 g/mol. The summed E-state index contributed by atoms with van der Waals surface area (Å²) < 4.78 is 1.85. The minimum atomic E-state index is -0.749. The third kappa shape index (κ3) is 1.83. The Hall–Kier alpha value is -1.98. The van der Waals surface area contributed by atoms with Crippen LogP contribution < -0.4 is 16.8 Å². The van der Waals surface area contributed by atoms with E-state index in [4.69, 9.17) is 11.5 Å². The summed E-state index contributed by atoms with van der Waals surface area (Å²) in [7, 11) is 0. The van der Waals surface area contributed by atoms with Crippen LogP contribution in [-0.4, -0.2) is 15.6 Å². The molecule has 5 N–H and O–H groups in total. The minimum absolute atomic E-state index is 0.140. The van der Waals surface area contributed by atoms with E-state index < -0.39 is 5.79 Å². The predicted molar refractivity (Wildman–Crippen MR) is 71.5 cm³/mol. The second kappa shape index (κ2) is 4.04. The van der Waals surface area contributed by atoms with Crippen molar-refractivity contribution in [2.45, 2.75) is 33.5 Å². The van der Waals surface area contributed by atoms with Gasteiger partial charge in [0.05, 0.1) is 5.69 Å². The van der Waals surface area contributed by atoms with Gasteiger partial charge in [0.15, 0.2) is 0 Å². The molecule has 1 aromatic rings. The van der Waals surface area contributed by atoms with Crippen molar-refractivity contribution in [1.29, 1.82) is 0 Å². The standard InChI is InChI=1S/C12H20N6/c1-7(2)12(15-10(13)6-11(14)16-12)18-9(4)5-8(3)17-18/h5-7,15H,13H2,1-4H3,(H2,14,16). The third-order valence-corrected chi connectivity index (χ3v) is 3.07. The summed E-state index contributed by atoms with van der Waals surface area (Å²) in [4.78, 5) is 4.54. The summed E-state index contributed by atoms with van der Waals surface area (Å²) in [5.74, 6) is 0.305. The molecule has 1 aliphatic heterocycles. The molecule has 6 heteroatoms. The van der Waals surface area contributed by atoms with Gasteiger partial charge >= 0.3 is 0 Å². The quantitative estimate of drug-likeness (QED) is 0.711. The molecule has 6 nitrogen and oxygen atoms in total. The molecule has 98 valence electrons. The molecule has 0 amide bonds. The summed E-state index contributed by atoms with van der Waals surface area (Å²) >= 11 is 0. The number of nitrogens with one attached hydrogen (secondary N) is 1. The van der Waals surface area contributed by atoms with Crippen LogP contribution in [0.1, 0.15) is 25.2 Å². The van der Waals surface area contributed by atoms with Crippen molar-refractivity contribution in [3.63, 3.8) is 0 Å². The highest BCUT2D eigenvalue weighted by atomic mass is 15.5. The molecule has 1 atom stereocenters. The smallest absolute Gasteiger partial charge is 0.232 e. The van der Waals surface area contributed by atoms with Crippen molar-refractivity contribution in [3.8, 4) is 0 Å². The fourth-order valence-electron chi connectivity index (χ4n) is 2.26. The van der Waals surface area contributed by atoms with Gasteiger partial charge in [0.1, 0.15) is 11.7 Å². The van der Waals surface area contributed by atoms with Crippen molar-refractivity contribution >= 4 is 5.84 Å². The Kier molecular flexibility index (Phi) is 2.80. The Morgan fingerprint density at radius 2 is 2.00 bits per heavy atom. The van der Waals surface area contributed by atoms with E-state index >= 15 is 0 Å². The topological polar surface area (TPSA) is 94.2 Å². The molecule has 0 fully saturated rings. The lowest BCUT2D eigenvalue weighted by atomic mass is 10.0. The number of amidine groups is 1. The predicted octanol–water partition coefficient (Wildman–Crippen LogP) is 0.527. The van der Waals surface area contributed by atoms with Crippen LogP contribution in [-0.2, 0) is 5.79 Å². The molecule has 0 bridgehead atoms. The molecule has 0 radical (unpaired) electrons. The highest BCUT2D eigenvalue weighted by Gasteiger charge is 2.39. The molecule has 1 aliphatic rings. The van der Waals surface area contributed by atoms with Crippen molar-refractivity contribution in [2.75, 3.05) is 0 Å². The zero-order valence-corrected chi connectivity index (χ0v) is 11.2. The van der Waals surface area contributed by atoms with Gasteiger partial charge in [0.2, 0.25) is 5.79 Å². The van der Waals surface area contributed by atoms with Gasteiger partial charge in [-0.15, -0.1) is 0 Å². The number of hydrogen-bond acceptors (Lipinski definition) is 5. The Morgan fingerprint density at radius 3 is 2.44 bits per heavy atom. The van der Waals surface area contributed by atoms with Crippen molar-refractivity contribution in [2.24, 2.45) is 22.4 Å². The Bertz CT molecular complexity index is 525. The van der Waals surface area contributed by atoms with Crippen LogP contribution >= 0.6 is 0 Å². The highest BCUT2D eigenvalue weighted by molar-refractivity contribution is 5.92. The van der Waals surface area contributed by atoms with Crippen molar-refractivity contribution < 1.29 is 0 Å². The maximum absolute atomic E-state index is 5.88. The summed E-state index contributed by atoms with van der Waals surface area (Å²) in [5, 5.41) is 7.71. The molecule has 2 heterocycles. The molecule has 2 rings (SSSR count). The van der Waals surface area contributed by atoms with Gasteiger partial charge in [0.25, 0.3) is 0 Å². The SMILES string of the molecule is Cc1cc(C)n(C2(C(C)C)N=C(N)C=C(N)N2)n1. The lowest BCUT2D eigenvalue weighted by Gasteiger charge is -2.38. The number of aliphatic imine (C=N–C) groups is 1. The van der Waals surface area contributed by atoms with Gasteiger partial charge < -0.3 is 16.8 Å². The Morgan fingerprint density at radius 1 is 1.33 bits per heavy atom. The van der Waals surface area contributed by atoms with Crippen LogP contribution in [0, 0.1) is 19.8 Å². The molecule has 0 saturated heterocycles. The fourth-order valence-corrected chi connectivity index (χ4v) is 2.26. The van der Waals surface area contributed by atoms with Gasteiger partial charge in [-0.05, 0) is 19.9 Å². The van der Waals surface area contributed by atoms with Crippen LogP contribution in [0.2, 0.25) is 0 Å². The summed E-state index contributed by atoms with van der Waals surface area (Å²) in [6, 6.07) is 2.01. The average Bonchev–Trinajstić information content (AvgIpc) is 2.56. The third-order valence-electron chi connectivity index (χ3n) is 3.07. The molecule has 1 unspecified atom stereocenters. The number of aryl methyl sites for hydroxylation is 2. The molecule has 0 saturated carbocycles. The first kappa shape index (κ1) is 12.5. The van der Waals surface area contributed by atoms with Gasteiger partial charge in [-0.3, -0.25) is 0 Å². The van der Waals surface area contributed by atoms with Crippen LogP contribution in [0.15, 0.2) is 23.0 Å². The molecular formula is C12H20N6. The van der Waals surface area contributed by atoms with Gasteiger partial charge in [-0.1, -0.05) is 13.8 Å². The van der Waals surface area contributed by atoms with Crippen molar-refractivity contribution in [3.05, 3.63) is 29.4 Å². The fraction of sp³-hybridized carbons (Fsp3) is 0.500. The van der Waals surface area contributed by atoms with E-state index in [2.05, 4.69) is 29.3 Å². The van der Waals surface area contributed by atoms with Crippen molar-refractivity contribution in [1.82, 2.24) is 15.1 Å². The summed E-state index contributed by atoms with van der Waals surface area (Å²) in [5.41, 5.74) is 13.7. The second-order valence-corrected chi connectivity index (χ2v) is 4.98. The first-order chi connectivity index (χ1) is 8.35. The highest BCUT2D eigenvalue weighted by Crippen LogP contribution is 2.29. The van der Waals surface area contributed by atoms with E-state index in [1.165, 1.54) is 0 Å². The summed E-state index contributed by atoms with van der Waals surface area (Å²) in [6.07, 6.45) is 1.62. The normalized spacial score (nSPS) is 23.6. The number of hydrogen-bond donors (Lipinski definition) is 3. The van der Waals surface area contributed by atoms with E-state index in [0.29, 0.717) is 11.7 Å². The molecule has 0 aromatic carbocycles. The first-order valence-corrected chi connectivity index (χ1v) is 5.99. The summed E-state index contributed by atoms with van der Waals surface area (Å²) in [6.45, 7) is 8.05. The Labute approximate surface area is 107 Å². The minimum Gasteiger partial charge on any atom is -0.385 e. The lowest BCUT2D eigenvalue weighted by molar-refractivity contribution is 0.139.